The van der Waals surface area contributed by atoms with E-state index >= 15 is 0 Å². The molecule has 1 aromatic carbocycles. The molecule has 0 unspecified atom stereocenters. The second-order valence-electron chi connectivity index (χ2n) is 5.91. The van der Waals surface area contributed by atoms with Gasteiger partial charge in [-0.2, -0.15) is 5.10 Å². The van der Waals surface area contributed by atoms with Crippen molar-refractivity contribution < 1.29 is 28.0 Å². The van der Waals surface area contributed by atoms with Crippen molar-refractivity contribution in [2.75, 3.05) is 6.54 Å². The fraction of sp³-hybridized carbons (Fsp3) is 0.0476. The highest BCUT2D eigenvalue weighted by Crippen LogP contribution is 2.22. The summed E-state index contributed by atoms with van der Waals surface area (Å²) in [4.78, 5) is 35.6. The van der Waals surface area contributed by atoms with Gasteiger partial charge in [-0.05, 0) is 48.5 Å². The second-order valence-corrected chi connectivity index (χ2v) is 6.82. The molecule has 0 spiro atoms. The van der Waals surface area contributed by atoms with Crippen LogP contribution in [0.4, 0.5) is 0 Å². The third-order valence-corrected chi connectivity index (χ3v) is 4.15. The molecule has 31 heavy (non-hydrogen) atoms. The van der Waals surface area contributed by atoms with Crippen molar-refractivity contribution in [3.63, 3.8) is 0 Å². The molecule has 0 radical (unpaired) electrons. The molecule has 0 aliphatic heterocycles. The van der Waals surface area contributed by atoms with E-state index in [1.807, 2.05) is 0 Å². The molecule has 0 aliphatic rings. The maximum absolute atomic E-state index is 12.0. The molecular weight excluding hydrogens is 470 g/mol. The number of carbonyl (C=O) groups excluding carboxylic acids is 3. The summed E-state index contributed by atoms with van der Waals surface area (Å²) >= 11 is 3.33. The van der Waals surface area contributed by atoms with Crippen LogP contribution in [0.3, 0.4) is 0 Å². The summed E-state index contributed by atoms with van der Waals surface area (Å²) in [6.45, 7) is -0.297. The molecule has 3 aromatic rings. The molecule has 158 valence electrons. The number of hydrogen-bond donors (Lipinski definition) is 2. The van der Waals surface area contributed by atoms with Crippen LogP contribution in [0.2, 0.25) is 0 Å². The minimum atomic E-state index is -0.613. The molecule has 2 aromatic heterocycles. The Hall–Kier alpha value is -3.92. The zero-order valence-electron chi connectivity index (χ0n) is 15.9. The van der Waals surface area contributed by atoms with E-state index in [0.29, 0.717) is 11.3 Å². The Morgan fingerprint density at radius 3 is 2.65 bits per heavy atom. The first kappa shape index (κ1) is 21.8. The van der Waals surface area contributed by atoms with Gasteiger partial charge in [-0.1, -0.05) is 15.9 Å². The first-order valence-electron chi connectivity index (χ1n) is 8.88. The molecule has 0 saturated carbocycles. The van der Waals surface area contributed by atoms with Crippen LogP contribution < -0.4 is 15.5 Å². The number of amides is 2. The Bertz CT molecular complexity index is 1100. The summed E-state index contributed by atoms with van der Waals surface area (Å²) < 4.78 is 16.1. The van der Waals surface area contributed by atoms with Crippen molar-refractivity contribution >= 4 is 46.0 Å². The van der Waals surface area contributed by atoms with Gasteiger partial charge in [0.05, 0.1) is 25.3 Å². The van der Waals surface area contributed by atoms with E-state index in [0.717, 1.165) is 4.47 Å². The smallest absolute Gasteiger partial charge is 0.336 e. The lowest BCUT2D eigenvalue weighted by Gasteiger charge is -2.06. The molecule has 0 atom stereocenters. The minimum Gasteiger partial charge on any atom is -0.465 e. The summed E-state index contributed by atoms with van der Waals surface area (Å²) in [5.41, 5.74) is 2.72. The lowest BCUT2D eigenvalue weighted by atomic mass is 10.2. The molecule has 10 heteroatoms. The number of carbonyl (C=O) groups is 3. The maximum atomic E-state index is 12.0. The molecule has 2 heterocycles. The zero-order chi connectivity index (χ0) is 22.1. The van der Waals surface area contributed by atoms with Crippen LogP contribution in [0.25, 0.3) is 6.08 Å². The Morgan fingerprint density at radius 1 is 1.10 bits per heavy atom. The predicted octanol–water partition coefficient (Wildman–Crippen LogP) is 3.13. The Balaban J connectivity index is 1.55. The lowest BCUT2D eigenvalue weighted by molar-refractivity contribution is -0.129. The monoisotopic (exact) mass is 485 g/mol. The largest absolute Gasteiger partial charge is 0.465 e. The van der Waals surface area contributed by atoms with Crippen LogP contribution in [0, 0.1) is 0 Å². The summed E-state index contributed by atoms with van der Waals surface area (Å²) in [6.07, 6.45) is 6.87. The average Bonchev–Trinajstić information content (AvgIpc) is 3.46. The first-order chi connectivity index (χ1) is 15.0. The molecule has 0 bridgehead atoms. The summed E-state index contributed by atoms with van der Waals surface area (Å²) in [7, 11) is 0. The van der Waals surface area contributed by atoms with E-state index < -0.39 is 17.8 Å². The number of nitrogens with one attached hydrogen (secondary N) is 2. The highest BCUT2D eigenvalue weighted by Gasteiger charge is 2.10. The van der Waals surface area contributed by atoms with Crippen molar-refractivity contribution in [3.05, 3.63) is 82.6 Å². The molecule has 0 fully saturated rings. The van der Waals surface area contributed by atoms with Crippen molar-refractivity contribution in [1.82, 2.24) is 10.7 Å². The number of ether oxygens (including phenoxy) is 1. The predicted molar refractivity (Wildman–Crippen MR) is 114 cm³/mol. The normalized spacial score (nSPS) is 11.0. The highest BCUT2D eigenvalue weighted by molar-refractivity contribution is 9.10. The number of hydrogen-bond acceptors (Lipinski definition) is 7. The first-order valence-corrected chi connectivity index (χ1v) is 9.67. The van der Waals surface area contributed by atoms with E-state index in [2.05, 4.69) is 31.8 Å². The Kier molecular flexibility index (Phi) is 7.55. The van der Waals surface area contributed by atoms with Gasteiger partial charge in [0.1, 0.15) is 11.5 Å². The van der Waals surface area contributed by atoms with Gasteiger partial charge >= 0.3 is 5.97 Å². The fourth-order valence-electron chi connectivity index (χ4n) is 2.26. The van der Waals surface area contributed by atoms with Gasteiger partial charge in [-0.3, -0.25) is 9.59 Å². The molecule has 3 rings (SSSR count). The topological polar surface area (TPSA) is 123 Å². The molecule has 2 N–H and O–H groups in total. The van der Waals surface area contributed by atoms with Crippen LogP contribution in [-0.2, 0) is 9.59 Å². The van der Waals surface area contributed by atoms with E-state index in [-0.39, 0.29) is 18.1 Å². The van der Waals surface area contributed by atoms with Crippen LogP contribution >= 0.6 is 15.9 Å². The zero-order valence-corrected chi connectivity index (χ0v) is 17.5. The van der Waals surface area contributed by atoms with Gasteiger partial charge in [0.15, 0.2) is 5.76 Å². The van der Waals surface area contributed by atoms with Gasteiger partial charge < -0.3 is 18.9 Å². The second kappa shape index (κ2) is 10.7. The van der Waals surface area contributed by atoms with E-state index in [1.165, 1.54) is 37.0 Å². The van der Waals surface area contributed by atoms with Crippen molar-refractivity contribution in [1.29, 1.82) is 0 Å². The number of benzene rings is 1. The van der Waals surface area contributed by atoms with E-state index in [4.69, 9.17) is 13.6 Å². The highest BCUT2D eigenvalue weighted by atomic mass is 79.9. The van der Waals surface area contributed by atoms with Crippen molar-refractivity contribution in [2.45, 2.75) is 0 Å². The van der Waals surface area contributed by atoms with Crippen LogP contribution in [-0.4, -0.2) is 30.5 Å². The summed E-state index contributed by atoms with van der Waals surface area (Å²) in [5.74, 6) is -0.840. The number of furan rings is 2. The van der Waals surface area contributed by atoms with Gasteiger partial charge in [-0.25, -0.2) is 10.2 Å². The summed E-state index contributed by atoms with van der Waals surface area (Å²) in [5, 5.41) is 6.23. The van der Waals surface area contributed by atoms with Crippen LogP contribution in [0.1, 0.15) is 21.9 Å². The number of nitrogens with zero attached hydrogens (tertiary/aromatic N) is 1. The van der Waals surface area contributed by atoms with E-state index in [1.54, 1.807) is 36.4 Å². The van der Waals surface area contributed by atoms with Crippen molar-refractivity contribution in [2.24, 2.45) is 5.10 Å². The Labute approximate surface area is 184 Å². The van der Waals surface area contributed by atoms with Gasteiger partial charge in [0, 0.05) is 16.1 Å². The third-order valence-electron chi connectivity index (χ3n) is 3.66. The van der Waals surface area contributed by atoms with E-state index in [9.17, 15) is 14.4 Å². The van der Waals surface area contributed by atoms with Crippen LogP contribution in [0.15, 0.2) is 79.5 Å². The van der Waals surface area contributed by atoms with Gasteiger partial charge in [-0.15, -0.1) is 0 Å². The van der Waals surface area contributed by atoms with Crippen LogP contribution in [0.5, 0.6) is 5.75 Å². The number of esters is 1. The molecule has 9 nitrogen and oxygen atoms in total. The number of rotatable bonds is 8. The van der Waals surface area contributed by atoms with Gasteiger partial charge in [0.2, 0.25) is 0 Å². The quantitative estimate of drug-likeness (QED) is 0.166. The molecule has 0 aliphatic carbocycles. The third kappa shape index (κ3) is 6.82. The lowest BCUT2D eigenvalue weighted by Crippen LogP contribution is -2.34. The standard InChI is InChI=1S/C21H16BrN3O6/c22-15-5-7-17(31-20(27)8-6-16-3-1-9-29-16)14(11-15)12-24-25-19(26)13-23-21(28)18-4-2-10-30-18/h1-12H,13H2,(H,23,28)(H,25,26)/b8-6+,24-12+. The van der Waals surface area contributed by atoms with Crippen molar-refractivity contribution in [3.8, 4) is 5.75 Å². The summed E-state index contributed by atoms with van der Waals surface area (Å²) in [6, 6.07) is 11.4. The fourth-order valence-corrected chi connectivity index (χ4v) is 2.64. The maximum Gasteiger partial charge on any atom is 0.336 e. The molecule has 2 amide bonds. The minimum absolute atomic E-state index is 0.0954. The molecule has 0 saturated heterocycles. The Morgan fingerprint density at radius 2 is 1.90 bits per heavy atom. The number of hydrazone groups is 1. The number of halogens is 1. The van der Waals surface area contributed by atoms with Gasteiger partial charge in [0.25, 0.3) is 11.8 Å². The average molecular weight is 486 g/mol. The molecular formula is C21H16BrN3O6. The SMILES string of the molecule is O=C(CNC(=O)c1ccco1)N/N=C/c1cc(Br)ccc1OC(=O)/C=C/c1ccco1.